The van der Waals surface area contributed by atoms with Gasteiger partial charge in [-0.25, -0.2) is 0 Å². The van der Waals surface area contributed by atoms with Crippen LogP contribution in [-0.2, 0) is 16.2 Å². The van der Waals surface area contributed by atoms with Crippen LogP contribution < -0.4 is 5.32 Å². The quantitative estimate of drug-likeness (QED) is 0.880. The van der Waals surface area contributed by atoms with Crippen molar-refractivity contribution in [3.63, 3.8) is 0 Å². The third-order valence-electron chi connectivity index (χ3n) is 4.77. The minimum Gasteiger partial charge on any atom is -0.392 e. The Morgan fingerprint density at radius 2 is 1.95 bits per heavy atom. The number of aliphatic hydroxyl groups is 1. The number of aliphatic hydroxyl groups excluding tert-OH is 1. The number of hydrogen-bond acceptors (Lipinski definition) is 3. The molecule has 1 aromatic carbocycles. The lowest BCUT2D eigenvalue weighted by Gasteiger charge is -2.34. The van der Waals surface area contributed by atoms with Crippen LogP contribution >= 0.6 is 0 Å². The molecule has 5 heteroatoms. The van der Waals surface area contributed by atoms with Gasteiger partial charge < -0.3 is 15.3 Å². The van der Waals surface area contributed by atoms with Crippen molar-refractivity contribution < 1.29 is 14.7 Å². The fourth-order valence-electron chi connectivity index (χ4n) is 3.51. The first-order valence-electron chi connectivity index (χ1n) is 7.96. The molecule has 2 aliphatic heterocycles. The molecule has 0 spiro atoms. The minimum atomic E-state index is -0.325. The van der Waals surface area contributed by atoms with Crippen molar-refractivity contribution in [2.75, 3.05) is 13.1 Å². The second kappa shape index (κ2) is 6.48. The molecule has 2 N–H and O–H groups in total. The molecule has 2 amide bonds. The van der Waals surface area contributed by atoms with E-state index in [-0.39, 0.29) is 24.5 Å². The van der Waals surface area contributed by atoms with E-state index in [0.29, 0.717) is 18.8 Å². The Bertz CT molecular complexity index is 565. The number of rotatable bonds is 3. The number of nitrogens with one attached hydrogen (secondary N) is 1. The number of nitrogens with zero attached hydrogens (tertiary/aromatic N) is 1. The van der Waals surface area contributed by atoms with Crippen LogP contribution in [0.2, 0.25) is 0 Å². The number of likely N-dealkylation sites (tertiary alicyclic amines) is 1. The molecule has 0 aliphatic carbocycles. The van der Waals surface area contributed by atoms with Crippen molar-refractivity contribution in [1.82, 2.24) is 10.2 Å². The monoisotopic (exact) mass is 302 g/mol. The lowest BCUT2D eigenvalue weighted by molar-refractivity contribution is -0.135. The van der Waals surface area contributed by atoms with Gasteiger partial charge in [0.1, 0.15) is 6.04 Å². The van der Waals surface area contributed by atoms with Gasteiger partial charge in [0.15, 0.2) is 0 Å². The van der Waals surface area contributed by atoms with Gasteiger partial charge >= 0.3 is 0 Å². The standard InChI is InChI=1S/C17H22N2O3/c20-11-13-3-1-2-4-14(13)12-7-9-19(10-8-12)17(22)15-5-6-16(21)18-15/h1-4,12,15,20H,5-11H2,(H,18,21). The molecule has 22 heavy (non-hydrogen) atoms. The van der Waals surface area contributed by atoms with Gasteiger partial charge in [-0.15, -0.1) is 0 Å². The Morgan fingerprint density at radius 1 is 1.23 bits per heavy atom. The van der Waals surface area contributed by atoms with Crippen molar-refractivity contribution in [3.8, 4) is 0 Å². The number of amides is 2. The van der Waals surface area contributed by atoms with E-state index in [1.54, 1.807) is 0 Å². The molecular formula is C17H22N2O3. The molecule has 1 aromatic rings. The van der Waals surface area contributed by atoms with Crippen LogP contribution in [0.25, 0.3) is 0 Å². The molecule has 0 radical (unpaired) electrons. The Morgan fingerprint density at radius 3 is 2.59 bits per heavy atom. The van der Waals surface area contributed by atoms with Crippen LogP contribution in [0.5, 0.6) is 0 Å². The molecule has 3 rings (SSSR count). The molecule has 2 saturated heterocycles. The van der Waals surface area contributed by atoms with E-state index in [0.717, 1.165) is 31.5 Å². The SMILES string of the molecule is O=C1CCC(C(=O)N2CCC(c3ccccc3CO)CC2)N1. The maximum absolute atomic E-state index is 12.4. The molecule has 0 saturated carbocycles. The predicted molar refractivity (Wildman–Crippen MR) is 82.1 cm³/mol. The summed E-state index contributed by atoms with van der Waals surface area (Å²) in [6.45, 7) is 1.49. The second-order valence-electron chi connectivity index (χ2n) is 6.12. The van der Waals surface area contributed by atoms with Crippen molar-refractivity contribution in [2.45, 2.75) is 44.2 Å². The highest BCUT2D eigenvalue weighted by molar-refractivity contribution is 5.90. The van der Waals surface area contributed by atoms with Gasteiger partial charge in [0.05, 0.1) is 6.61 Å². The fraction of sp³-hybridized carbons (Fsp3) is 0.529. The van der Waals surface area contributed by atoms with Gasteiger partial charge in [-0.1, -0.05) is 24.3 Å². The summed E-state index contributed by atoms with van der Waals surface area (Å²) in [5.74, 6) is 0.426. The maximum atomic E-state index is 12.4. The summed E-state index contributed by atoms with van der Waals surface area (Å²) in [6.07, 6.45) is 2.88. The largest absolute Gasteiger partial charge is 0.392 e. The summed E-state index contributed by atoms with van der Waals surface area (Å²) >= 11 is 0. The Balaban J connectivity index is 1.60. The summed E-state index contributed by atoms with van der Waals surface area (Å²) in [4.78, 5) is 25.5. The minimum absolute atomic E-state index is 0.0230. The molecule has 0 aromatic heterocycles. The van der Waals surface area contributed by atoms with Crippen LogP contribution in [0.4, 0.5) is 0 Å². The number of carbonyl (C=O) groups is 2. The van der Waals surface area contributed by atoms with Gasteiger partial charge in [0.25, 0.3) is 0 Å². The average Bonchev–Trinajstić information content (AvgIpc) is 3.01. The highest BCUT2D eigenvalue weighted by atomic mass is 16.3. The summed E-state index contributed by atoms with van der Waals surface area (Å²) in [5.41, 5.74) is 2.18. The molecule has 118 valence electrons. The summed E-state index contributed by atoms with van der Waals surface area (Å²) < 4.78 is 0. The van der Waals surface area contributed by atoms with Crippen molar-refractivity contribution in [3.05, 3.63) is 35.4 Å². The molecule has 0 bridgehead atoms. The first kappa shape index (κ1) is 15.0. The van der Waals surface area contributed by atoms with Gasteiger partial charge in [0.2, 0.25) is 11.8 Å². The van der Waals surface area contributed by atoms with E-state index in [4.69, 9.17) is 0 Å². The maximum Gasteiger partial charge on any atom is 0.245 e. The van der Waals surface area contributed by atoms with Gasteiger partial charge in [-0.05, 0) is 36.3 Å². The highest BCUT2D eigenvalue weighted by Gasteiger charge is 2.33. The van der Waals surface area contributed by atoms with E-state index < -0.39 is 0 Å². The van der Waals surface area contributed by atoms with Crippen LogP contribution in [0.15, 0.2) is 24.3 Å². The van der Waals surface area contributed by atoms with Gasteiger partial charge in [-0.2, -0.15) is 0 Å². The zero-order valence-corrected chi connectivity index (χ0v) is 12.6. The third-order valence-corrected chi connectivity index (χ3v) is 4.77. The number of hydrogen-bond donors (Lipinski definition) is 2. The van der Waals surface area contributed by atoms with Crippen LogP contribution in [-0.4, -0.2) is 41.0 Å². The second-order valence-corrected chi connectivity index (χ2v) is 6.12. The average molecular weight is 302 g/mol. The molecular weight excluding hydrogens is 280 g/mol. The number of carbonyl (C=O) groups excluding carboxylic acids is 2. The number of benzene rings is 1. The van der Waals surface area contributed by atoms with E-state index in [1.807, 2.05) is 23.1 Å². The Labute approximate surface area is 130 Å². The van der Waals surface area contributed by atoms with Crippen molar-refractivity contribution in [1.29, 1.82) is 0 Å². The van der Waals surface area contributed by atoms with Gasteiger partial charge in [-0.3, -0.25) is 9.59 Å². The molecule has 2 fully saturated rings. The first-order valence-corrected chi connectivity index (χ1v) is 7.96. The van der Waals surface area contributed by atoms with E-state index in [2.05, 4.69) is 11.4 Å². The molecule has 2 heterocycles. The van der Waals surface area contributed by atoms with E-state index >= 15 is 0 Å². The van der Waals surface area contributed by atoms with Gasteiger partial charge in [0, 0.05) is 19.5 Å². The zero-order valence-electron chi connectivity index (χ0n) is 12.6. The summed E-state index contributed by atoms with van der Waals surface area (Å²) in [5, 5.41) is 12.2. The normalized spacial score (nSPS) is 22.7. The fourth-order valence-corrected chi connectivity index (χ4v) is 3.51. The van der Waals surface area contributed by atoms with Crippen LogP contribution in [0.3, 0.4) is 0 Å². The lowest BCUT2D eigenvalue weighted by atomic mass is 9.86. The van der Waals surface area contributed by atoms with Crippen molar-refractivity contribution >= 4 is 11.8 Å². The Hall–Kier alpha value is -1.88. The smallest absolute Gasteiger partial charge is 0.245 e. The molecule has 2 aliphatic rings. The Kier molecular flexibility index (Phi) is 4.43. The molecule has 1 unspecified atom stereocenters. The van der Waals surface area contributed by atoms with Crippen LogP contribution in [0, 0.1) is 0 Å². The third kappa shape index (κ3) is 2.99. The van der Waals surface area contributed by atoms with E-state index in [1.165, 1.54) is 5.56 Å². The summed E-state index contributed by atoms with van der Waals surface area (Å²) in [6, 6.07) is 7.65. The number of piperidine rings is 1. The highest BCUT2D eigenvalue weighted by Crippen LogP contribution is 2.31. The van der Waals surface area contributed by atoms with Crippen molar-refractivity contribution in [2.24, 2.45) is 0 Å². The van der Waals surface area contributed by atoms with Crippen LogP contribution in [0.1, 0.15) is 42.7 Å². The lowest BCUT2D eigenvalue weighted by Crippen LogP contribution is -2.47. The predicted octanol–water partition coefficient (Wildman–Crippen LogP) is 1.16. The zero-order chi connectivity index (χ0) is 15.5. The molecule has 1 atom stereocenters. The first-order chi connectivity index (χ1) is 10.7. The molecule has 5 nitrogen and oxygen atoms in total. The topological polar surface area (TPSA) is 69.6 Å². The summed E-state index contributed by atoms with van der Waals surface area (Å²) in [7, 11) is 0. The van der Waals surface area contributed by atoms with E-state index in [9.17, 15) is 14.7 Å².